The molecule has 0 bridgehead atoms. The largest absolute Gasteiger partial charge is 0.307 e. The second-order valence-corrected chi connectivity index (χ2v) is 6.13. The van der Waals surface area contributed by atoms with E-state index in [0.717, 1.165) is 28.2 Å². The first kappa shape index (κ1) is 14.7. The Hall–Kier alpha value is -3.67. The number of hydrogen-bond donors (Lipinski definition) is 0. The Morgan fingerprint density at radius 2 is 1.58 bits per heavy atom. The van der Waals surface area contributed by atoms with E-state index in [0.29, 0.717) is 6.54 Å². The van der Waals surface area contributed by atoms with E-state index in [4.69, 9.17) is 0 Å². The molecule has 6 nitrogen and oxygen atoms in total. The van der Waals surface area contributed by atoms with Gasteiger partial charge in [-0.3, -0.25) is 4.68 Å². The fraction of sp³-hybridized carbons (Fsp3) is 0.0500. The number of imidazole rings is 1. The average molecular weight is 340 g/mol. The van der Waals surface area contributed by atoms with Crippen LogP contribution in [0.25, 0.3) is 22.5 Å². The molecular weight excluding hydrogens is 324 g/mol. The molecule has 1 aromatic carbocycles. The van der Waals surface area contributed by atoms with Gasteiger partial charge in [0.25, 0.3) is 0 Å². The van der Waals surface area contributed by atoms with Crippen molar-refractivity contribution in [1.82, 2.24) is 28.9 Å². The zero-order valence-corrected chi connectivity index (χ0v) is 14.0. The van der Waals surface area contributed by atoms with Crippen LogP contribution < -0.4 is 0 Å². The molecule has 0 aliphatic rings. The van der Waals surface area contributed by atoms with Gasteiger partial charge in [-0.15, -0.1) is 0 Å². The smallest absolute Gasteiger partial charge is 0.137 e. The summed E-state index contributed by atoms with van der Waals surface area (Å²) in [6, 6.07) is 16.0. The van der Waals surface area contributed by atoms with Gasteiger partial charge in [-0.1, -0.05) is 24.3 Å². The molecule has 4 aromatic heterocycles. The van der Waals surface area contributed by atoms with Gasteiger partial charge in [-0.2, -0.15) is 10.2 Å². The quantitative estimate of drug-likeness (QED) is 0.504. The Balaban J connectivity index is 1.39. The van der Waals surface area contributed by atoms with E-state index in [-0.39, 0.29) is 0 Å². The molecule has 0 aliphatic carbocycles. The monoisotopic (exact) mass is 340 g/mol. The van der Waals surface area contributed by atoms with Crippen molar-refractivity contribution in [2.24, 2.45) is 0 Å². The van der Waals surface area contributed by atoms with E-state index in [1.54, 1.807) is 0 Å². The molecule has 0 fully saturated rings. The van der Waals surface area contributed by atoms with Crippen LogP contribution in [0.2, 0.25) is 0 Å². The highest BCUT2D eigenvalue weighted by Crippen LogP contribution is 2.20. The highest BCUT2D eigenvalue weighted by Gasteiger charge is 2.08. The molecule has 0 saturated carbocycles. The second-order valence-electron chi connectivity index (χ2n) is 6.13. The van der Waals surface area contributed by atoms with Crippen LogP contribution in [-0.2, 0) is 6.54 Å². The van der Waals surface area contributed by atoms with Crippen LogP contribution in [0.3, 0.4) is 0 Å². The van der Waals surface area contributed by atoms with Crippen molar-refractivity contribution < 1.29 is 0 Å². The lowest BCUT2D eigenvalue weighted by Crippen LogP contribution is -1.99. The minimum absolute atomic E-state index is 0.633. The van der Waals surface area contributed by atoms with Gasteiger partial charge >= 0.3 is 0 Å². The maximum absolute atomic E-state index is 4.62. The summed E-state index contributed by atoms with van der Waals surface area (Å²) in [6.07, 6.45) is 11.8. The number of hydrogen-bond acceptors (Lipinski definition) is 3. The van der Waals surface area contributed by atoms with Gasteiger partial charge in [-0.05, 0) is 24.3 Å². The molecule has 0 radical (unpaired) electrons. The SMILES string of the molecule is c1ccc(-n2cc(-c3cnn(Cc4cn5ccccc5n4)c3)cn2)cc1. The second kappa shape index (κ2) is 6.00. The normalized spacial score (nSPS) is 11.2. The van der Waals surface area contributed by atoms with Crippen molar-refractivity contribution in [1.29, 1.82) is 0 Å². The lowest BCUT2D eigenvalue weighted by atomic mass is 10.2. The van der Waals surface area contributed by atoms with Crippen LogP contribution in [-0.4, -0.2) is 28.9 Å². The molecule has 6 heteroatoms. The molecule has 0 spiro atoms. The van der Waals surface area contributed by atoms with E-state index in [9.17, 15) is 0 Å². The molecular formula is C20H16N6. The topological polar surface area (TPSA) is 52.9 Å². The van der Waals surface area contributed by atoms with Gasteiger partial charge in [0.2, 0.25) is 0 Å². The van der Waals surface area contributed by atoms with Crippen molar-refractivity contribution in [2.75, 3.05) is 0 Å². The standard InChI is InChI=1S/C20H16N6/c1-2-6-19(7-3-1)26-13-17(11-22-26)16-10-21-25(12-16)15-18-14-24-9-5-4-8-20(24)23-18/h1-14H,15H2. The Morgan fingerprint density at radius 1 is 0.769 bits per heavy atom. The van der Waals surface area contributed by atoms with Crippen molar-refractivity contribution in [2.45, 2.75) is 6.54 Å². The molecule has 0 N–H and O–H groups in total. The van der Waals surface area contributed by atoms with Crippen LogP contribution in [0.5, 0.6) is 0 Å². The zero-order valence-electron chi connectivity index (χ0n) is 14.0. The molecule has 0 saturated heterocycles. The molecule has 26 heavy (non-hydrogen) atoms. The number of aromatic nitrogens is 6. The van der Waals surface area contributed by atoms with Gasteiger partial charge < -0.3 is 4.40 Å². The lowest BCUT2D eigenvalue weighted by Gasteiger charge is -1.98. The first-order valence-corrected chi connectivity index (χ1v) is 8.41. The molecule has 5 rings (SSSR count). The minimum Gasteiger partial charge on any atom is -0.307 e. The molecule has 4 heterocycles. The van der Waals surface area contributed by atoms with E-state index >= 15 is 0 Å². The average Bonchev–Trinajstić information content (AvgIpc) is 3.41. The highest BCUT2D eigenvalue weighted by molar-refractivity contribution is 5.60. The molecule has 0 aliphatic heterocycles. The van der Waals surface area contributed by atoms with Crippen LogP contribution >= 0.6 is 0 Å². The van der Waals surface area contributed by atoms with Crippen LogP contribution in [0.15, 0.2) is 85.7 Å². The number of para-hydroxylation sites is 1. The van der Waals surface area contributed by atoms with Gasteiger partial charge in [-0.25, -0.2) is 9.67 Å². The van der Waals surface area contributed by atoms with Gasteiger partial charge in [0, 0.05) is 35.9 Å². The summed E-state index contributed by atoms with van der Waals surface area (Å²) in [5, 5.41) is 8.92. The Bertz CT molecular complexity index is 1130. The van der Waals surface area contributed by atoms with Crippen molar-refractivity contribution >= 4 is 5.65 Å². The van der Waals surface area contributed by atoms with Crippen molar-refractivity contribution in [3.8, 4) is 16.8 Å². The van der Waals surface area contributed by atoms with Gasteiger partial charge in [0.05, 0.1) is 30.3 Å². The number of nitrogens with zero attached hydrogens (tertiary/aromatic N) is 6. The summed E-state index contributed by atoms with van der Waals surface area (Å²) in [6.45, 7) is 0.633. The number of benzene rings is 1. The Kier molecular flexibility index (Phi) is 3.38. The number of fused-ring (bicyclic) bond motifs is 1. The summed E-state index contributed by atoms with van der Waals surface area (Å²) in [7, 11) is 0. The third-order valence-electron chi connectivity index (χ3n) is 4.31. The summed E-state index contributed by atoms with van der Waals surface area (Å²) in [5.74, 6) is 0. The van der Waals surface area contributed by atoms with Gasteiger partial charge in [0.15, 0.2) is 0 Å². The highest BCUT2D eigenvalue weighted by atomic mass is 15.3. The third kappa shape index (κ3) is 2.67. The number of rotatable bonds is 4. The van der Waals surface area contributed by atoms with E-state index in [1.165, 1.54) is 0 Å². The van der Waals surface area contributed by atoms with E-state index in [2.05, 4.69) is 15.2 Å². The summed E-state index contributed by atoms with van der Waals surface area (Å²) >= 11 is 0. The third-order valence-corrected chi connectivity index (χ3v) is 4.31. The first-order valence-electron chi connectivity index (χ1n) is 8.41. The molecule has 5 aromatic rings. The predicted octanol–water partition coefficient (Wildman–Crippen LogP) is 3.43. The Labute approximate surface area is 150 Å². The summed E-state index contributed by atoms with van der Waals surface area (Å²) in [5.41, 5.74) is 5.03. The molecule has 0 amide bonds. The van der Waals surface area contributed by atoms with Crippen LogP contribution in [0, 0.1) is 0 Å². The van der Waals surface area contributed by atoms with Crippen molar-refractivity contribution in [3.05, 3.63) is 91.4 Å². The predicted molar refractivity (Wildman–Crippen MR) is 99.1 cm³/mol. The lowest BCUT2D eigenvalue weighted by molar-refractivity contribution is 0.676. The van der Waals surface area contributed by atoms with Gasteiger partial charge in [0.1, 0.15) is 5.65 Å². The molecule has 0 atom stereocenters. The first-order chi connectivity index (χ1) is 12.8. The van der Waals surface area contributed by atoms with Crippen LogP contribution in [0.1, 0.15) is 5.69 Å². The summed E-state index contributed by atoms with van der Waals surface area (Å²) in [4.78, 5) is 4.62. The van der Waals surface area contributed by atoms with Crippen molar-refractivity contribution in [3.63, 3.8) is 0 Å². The Morgan fingerprint density at radius 3 is 2.46 bits per heavy atom. The molecule has 0 unspecified atom stereocenters. The van der Waals surface area contributed by atoms with Crippen LogP contribution in [0.4, 0.5) is 0 Å². The minimum atomic E-state index is 0.633. The fourth-order valence-electron chi connectivity index (χ4n) is 3.02. The molecule has 126 valence electrons. The summed E-state index contributed by atoms with van der Waals surface area (Å²) < 4.78 is 5.79. The number of pyridine rings is 1. The van der Waals surface area contributed by atoms with E-state index < -0.39 is 0 Å². The van der Waals surface area contributed by atoms with E-state index in [1.807, 2.05) is 99.5 Å². The fourth-order valence-corrected chi connectivity index (χ4v) is 3.02. The zero-order chi connectivity index (χ0) is 17.3. The maximum Gasteiger partial charge on any atom is 0.137 e. The maximum atomic E-state index is 4.62.